The summed E-state index contributed by atoms with van der Waals surface area (Å²) >= 11 is 0. The second kappa shape index (κ2) is 4.03. The molecule has 3 heteroatoms. The highest BCUT2D eigenvalue weighted by molar-refractivity contribution is 7.85. The Morgan fingerprint density at radius 3 is 2.77 bits per heavy atom. The predicted octanol–water partition coefficient (Wildman–Crippen LogP) is 1.08. The molecule has 0 aromatic heterocycles. The van der Waals surface area contributed by atoms with Gasteiger partial charge in [-0.05, 0) is 5.56 Å². The highest BCUT2D eigenvalue weighted by Crippen LogP contribution is 2.15. The standard InChI is InChI=1S/C10H13NOS/c12-13-7-6-11-10(8-13)9-4-2-1-3-5-9/h1-5,10-11H,6-8H2. The van der Waals surface area contributed by atoms with E-state index in [-0.39, 0.29) is 6.04 Å². The molecule has 0 saturated carbocycles. The van der Waals surface area contributed by atoms with E-state index >= 15 is 0 Å². The molecule has 2 unspecified atom stereocenters. The van der Waals surface area contributed by atoms with Gasteiger partial charge < -0.3 is 5.32 Å². The molecule has 1 aliphatic heterocycles. The van der Waals surface area contributed by atoms with Crippen LogP contribution in [0.4, 0.5) is 0 Å². The molecule has 2 atom stereocenters. The van der Waals surface area contributed by atoms with Gasteiger partial charge in [0.15, 0.2) is 0 Å². The SMILES string of the molecule is O=S1CCNC(c2ccccc2)C1. The minimum Gasteiger partial charge on any atom is -0.308 e. The molecular weight excluding hydrogens is 182 g/mol. The first-order valence-corrected chi connectivity index (χ1v) is 5.98. The van der Waals surface area contributed by atoms with Gasteiger partial charge in [0.2, 0.25) is 0 Å². The van der Waals surface area contributed by atoms with Gasteiger partial charge in [0, 0.05) is 34.9 Å². The molecule has 0 aliphatic carbocycles. The Morgan fingerprint density at radius 1 is 1.31 bits per heavy atom. The average Bonchev–Trinajstić information content (AvgIpc) is 2.19. The maximum atomic E-state index is 11.3. The van der Waals surface area contributed by atoms with Crippen LogP contribution in [-0.2, 0) is 10.8 Å². The predicted molar refractivity (Wildman–Crippen MR) is 55.1 cm³/mol. The fourth-order valence-electron chi connectivity index (χ4n) is 1.57. The Morgan fingerprint density at radius 2 is 2.08 bits per heavy atom. The van der Waals surface area contributed by atoms with Gasteiger partial charge in [-0.25, -0.2) is 0 Å². The molecule has 0 radical (unpaired) electrons. The second-order valence-electron chi connectivity index (χ2n) is 3.23. The van der Waals surface area contributed by atoms with E-state index in [1.807, 2.05) is 18.2 Å². The van der Waals surface area contributed by atoms with E-state index in [9.17, 15) is 4.21 Å². The molecule has 13 heavy (non-hydrogen) atoms. The van der Waals surface area contributed by atoms with Crippen LogP contribution in [0.5, 0.6) is 0 Å². The second-order valence-corrected chi connectivity index (χ2v) is 4.85. The van der Waals surface area contributed by atoms with Gasteiger partial charge in [-0.3, -0.25) is 4.21 Å². The summed E-state index contributed by atoms with van der Waals surface area (Å²) in [6.07, 6.45) is 0. The molecule has 0 bridgehead atoms. The van der Waals surface area contributed by atoms with Crippen LogP contribution in [0, 0.1) is 0 Å². The van der Waals surface area contributed by atoms with Crippen molar-refractivity contribution in [3.63, 3.8) is 0 Å². The lowest BCUT2D eigenvalue weighted by Crippen LogP contribution is -2.36. The van der Waals surface area contributed by atoms with Crippen LogP contribution in [0.3, 0.4) is 0 Å². The molecule has 1 N–H and O–H groups in total. The van der Waals surface area contributed by atoms with Gasteiger partial charge in [0.1, 0.15) is 0 Å². The fraction of sp³-hybridized carbons (Fsp3) is 0.400. The monoisotopic (exact) mass is 195 g/mol. The fourth-order valence-corrected chi connectivity index (χ4v) is 2.77. The normalized spacial score (nSPS) is 28.6. The van der Waals surface area contributed by atoms with E-state index in [1.165, 1.54) is 5.56 Å². The van der Waals surface area contributed by atoms with Crippen molar-refractivity contribution in [1.82, 2.24) is 5.32 Å². The first-order valence-electron chi connectivity index (χ1n) is 4.49. The van der Waals surface area contributed by atoms with Crippen molar-refractivity contribution in [1.29, 1.82) is 0 Å². The smallest absolute Gasteiger partial charge is 0.0437 e. The van der Waals surface area contributed by atoms with Crippen molar-refractivity contribution in [2.45, 2.75) is 6.04 Å². The molecule has 70 valence electrons. The summed E-state index contributed by atoms with van der Waals surface area (Å²) in [6.45, 7) is 0.867. The zero-order valence-corrected chi connectivity index (χ0v) is 8.22. The van der Waals surface area contributed by atoms with E-state index in [2.05, 4.69) is 17.4 Å². The van der Waals surface area contributed by atoms with Gasteiger partial charge in [-0.2, -0.15) is 0 Å². The molecule has 0 spiro atoms. The quantitative estimate of drug-likeness (QED) is 0.726. The third kappa shape index (κ3) is 2.17. The number of hydrogen-bond donors (Lipinski definition) is 1. The molecule has 2 nitrogen and oxygen atoms in total. The zero-order valence-electron chi connectivity index (χ0n) is 7.40. The van der Waals surface area contributed by atoms with Crippen LogP contribution in [-0.4, -0.2) is 22.3 Å². The van der Waals surface area contributed by atoms with E-state index in [0.29, 0.717) is 0 Å². The lowest BCUT2D eigenvalue weighted by atomic mass is 10.1. The van der Waals surface area contributed by atoms with Crippen LogP contribution < -0.4 is 5.32 Å². The minimum atomic E-state index is -0.633. The maximum Gasteiger partial charge on any atom is 0.0437 e. The van der Waals surface area contributed by atoms with Crippen molar-refractivity contribution < 1.29 is 4.21 Å². The molecule has 1 heterocycles. The van der Waals surface area contributed by atoms with Crippen LogP contribution in [0.15, 0.2) is 30.3 Å². The van der Waals surface area contributed by atoms with Crippen LogP contribution in [0.1, 0.15) is 11.6 Å². The number of hydrogen-bond acceptors (Lipinski definition) is 2. The summed E-state index contributed by atoms with van der Waals surface area (Å²) in [4.78, 5) is 0. The maximum absolute atomic E-state index is 11.3. The van der Waals surface area contributed by atoms with Gasteiger partial charge in [-0.1, -0.05) is 30.3 Å². The molecular formula is C10H13NOS. The lowest BCUT2D eigenvalue weighted by Gasteiger charge is -2.23. The van der Waals surface area contributed by atoms with E-state index in [0.717, 1.165) is 18.1 Å². The third-order valence-electron chi connectivity index (χ3n) is 2.27. The Labute approximate surface area is 80.8 Å². The van der Waals surface area contributed by atoms with Crippen molar-refractivity contribution in [2.75, 3.05) is 18.1 Å². The third-order valence-corrected chi connectivity index (χ3v) is 3.64. The van der Waals surface area contributed by atoms with Gasteiger partial charge >= 0.3 is 0 Å². The minimum absolute atomic E-state index is 0.288. The van der Waals surface area contributed by atoms with Gasteiger partial charge in [0.05, 0.1) is 0 Å². The van der Waals surface area contributed by atoms with Crippen molar-refractivity contribution in [3.05, 3.63) is 35.9 Å². The van der Waals surface area contributed by atoms with Crippen LogP contribution in [0.25, 0.3) is 0 Å². The highest BCUT2D eigenvalue weighted by Gasteiger charge is 2.18. The Kier molecular flexibility index (Phi) is 2.76. The number of nitrogens with one attached hydrogen (secondary N) is 1. The van der Waals surface area contributed by atoms with E-state index in [4.69, 9.17) is 0 Å². The summed E-state index contributed by atoms with van der Waals surface area (Å²) in [5.41, 5.74) is 1.25. The largest absolute Gasteiger partial charge is 0.308 e. The molecule has 1 saturated heterocycles. The topological polar surface area (TPSA) is 29.1 Å². The summed E-state index contributed by atoms with van der Waals surface area (Å²) in [7, 11) is -0.633. The molecule has 0 amide bonds. The summed E-state index contributed by atoms with van der Waals surface area (Å²) < 4.78 is 11.3. The molecule has 1 aromatic carbocycles. The summed E-state index contributed by atoms with van der Waals surface area (Å²) in [6, 6.07) is 10.5. The zero-order chi connectivity index (χ0) is 9.10. The number of rotatable bonds is 1. The van der Waals surface area contributed by atoms with E-state index < -0.39 is 10.8 Å². The van der Waals surface area contributed by atoms with Crippen molar-refractivity contribution in [3.8, 4) is 0 Å². The average molecular weight is 195 g/mol. The van der Waals surface area contributed by atoms with Gasteiger partial charge in [-0.15, -0.1) is 0 Å². The van der Waals surface area contributed by atoms with Crippen LogP contribution in [0.2, 0.25) is 0 Å². The number of benzene rings is 1. The molecule has 1 aromatic rings. The van der Waals surface area contributed by atoms with Crippen molar-refractivity contribution >= 4 is 10.8 Å². The Balaban J connectivity index is 2.13. The molecule has 1 fully saturated rings. The molecule has 1 aliphatic rings. The van der Waals surface area contributed by atoms with Crippen molar-refractivity contribution in [2.24, 2.45) is 0 Å². The Bertz CT molecular complexity index is 299. The summed E-state index contributed by atoms with van der Waals surface area (Å²) in [5, 5.41) is 3.37. The van der Waals surface area contributed by atoms with Crippen LogP contribution >= 0.6 is 0 Å². The van der Waals surface area contributed by atoms with E-state index in [1.54, 1.807) is 0 Å². The lowest BCUT2D eigenvalue weighted by molar-refractivity contribution is 0.572. The molecule has 2 rings (SSSR count). The first-order chi connectivity index (χ1) is 6.36. The first kappa shape index (κ1) is 8.91. The Hall–Kier alpha value is -0.670. The van der Waals surface area contributed by atoms with Gasteiger partial charge in [0.25, 0.3) is 0 Å². The highest BCUT2D eigenvalue weighted by atomic mass is 32.2. The summed E-state index contributed by atoms with van der Waals surface area (Å²) in [5.74, 6) is 1.55.